The standard InChI is InChI=1S/C12H8ClFN4OS/c13-5-10(19)15-11-16-12-18(17-11)9(6-20-12)7-1-3-8(14)4-2-7/h1-4,6H,5H2,(H,15,17,19). The lowest BCUT2D eigenvalue weighted by atomic mass is 10.2. The van der Waals surface area contributed by atoms with Gasteiger partial charge in [0, 0.05) is 10.9 Å². The van der Waals surface area contributed by atoms with E-state index in [0.717, 1.165) is 11.3 Å². The van der Waals surface area contributed by atoms with E-state index in [9.17, 15) is 9.18 Å². The zero-order chi connectivity index (χ0) is 14.1. The summed E-state index contributed by atoms with van der Waals surface area (Å²) in [5.41, 5.74) is 1.60. The molecule has 1 N–H and O–H groups in total. The average Bonchev–Trinajstić information content (AvgIpc) is 2.99. The molecule has 20 heavy (non-hydrogen) atoms. The zero-order valence-electron chi connectivity index (χ0n) is 10.0. The van der Waals surface area contributed by atoms with Crippen molar-refractivity contribution in [3.05, 3.63) is 35.5 Å². The number of halogens is 2. The molecule has 1 amide bonds. The lowest BCUT2D eigenvalue weighted by molar-refractivity contribution is -0.114. The Balaban J connectivity index is 2.00. The highest BCUT2D eigenvalue weighted by Gasteiger charge is 2.12. The number of thiazole rings is 1. The normalized spacial score (nSPS) is 10.9. The van der Waals surface area contributed by atoms with Crippen molar-refractivity contribution >= 4 is 39.8 Å². The van der Waals surface area contributed by atoms with E-state index in [-0.39, 0.29) is 23.6 Å². The molecule has 0 aliphatic carbocycles. The van der Waals surface area contributed by atoms with Gasteiger partial charge in [-0.05, 0) is 24.3 Å². The first kappa shape index (κ1) is 13.0. The Kier molecular flexibility index (Phi) is 3.37. The number of aromatic nitrogens is 3. The summed E-state index contributed by atoms with van der Waals surface area (Å²) >= 11 is 6.79. The molecule has 3 aromatic rings. The second-order valence-electron chi connectivity index (χ2n) is 3.94. The summed E-state index contributed by atoms with van der Waals surface area (Å²) in [5, 5.41) is 8.55. The lowest BCUT2D eigenvalue weighted by Gasteiger charge is -1.98. The van der Waals surface area contributed by atoms with E-state index in [4.69, 9.17) is 11.6 Å². The predicted molar refractivity (Wildman–Crippen MR) is 75.6 cm³/mol. The van der Waals surface area contributed by atoms with Crippen LogP contribution < -0.4 is 5.32 Å². The molecule has 0 aliphatic heterocycles. The summed E-state index contributed by atoms with van der Waals surface area (Å²) < 4.78 is 14.5. The second kappa shape index (κ2) is 5.18. The number of fused-ring (bicyclic) bond motifs is 1. The van der Waals surface area contributed by atoms with Gasteiger partial charge in [-0.2, -0.15) is 4.98 Å². The number of hydrogen-bond acceptors (Lipinski definition) is 4. The number of carbonyl (C=O) groups excluding carboxylic acids is 1. The van der Waals surface area contributed by atoms with Gasteiger partial charge in [0.1, 0.15) is 11.7 Å². The molecule has 0 aliphatic rings. The number of nitrogens with zero attached hydrogens (tertiary/aromatic N) is 3. The fourth-order valence-corrected chi connectivity index (χ4v) is 2.61. The highest BCUT2D eigenvalue weighted by Crippen LogP contribution is 2.25. The minimum atomic E-state index is -0.367. The third-order valence-corrected chi connectivity index (χ3v) is 3.65. The Labute approximate surface area is 122 Å². The highest BCUT2D eigenvalue weighted by atomic mass is 35.5. The minimum Gasteiger partial charge on any atom is -0.292 e. The van der Waals surface area contributed by atoms with E-state index >= 15 is 0 Å². The fraction of sp³-hybridized carbons (Fsp3) is 0.0833. The number of amides is 1. The van der Waals surface area contributed by atoms with Crippen LogP contribution in [0.4, 0.5) is 10.3 Å². The Morgan fingerprint density at radius 1 is 1.40 bits per heavy atom. The number of anilines is 1. The molecule has 3 rings (SSSR count). The number of carbonyl (C=O) groups is 1. The van der Waals surface area contributed by atoms with Crippen LogP contribution >= 0.6 is 22.9 Å². The Bertz CT molecular complexity index is 767. The predicted octanol–water partition coefficient (Wildman–Crippen LogP) is 2.77. The topological polar surface area (TPSA) is 59.3 Å². The van der Waals surface area contributed by atoms with Gasteiger partial charge < -0.3 is 0 Å². The fourth-order valence-electron chi connectivity index (χ4n) is 1.71. The van der Waals surface area contributed by atoms with Crippen LogP contribution in [-0.4, -0.2) is 26.4 Å². The number of hydrogen-bond donors (Lipinski definition) is 1. The molecule has 0 bridgehead atoms. The van der Waals surface area contributed by atoms with Crippen LogP contribution in [-0.2, 0) is 4.79 Å². The Hall–Kier alpha value is -1.99. The molecule has 0 atom stereocenters. The molecule has 0 unspecified atom stereocenters. The van der Waals surface area contributed by atoms with E-state index in [1.807, 2.05) is 5.38 Å². The Morgan fingerprint density at radius 3 is 2.85 bits per heavy atom. The van der Waals surface area contributed by atoms with Crippen molar-refractivity contribution in [2.75, 3.05) is 11.2 Å². The SMILES string of the molecule is O=C(CCl)Nc1nc2scc(-c3ccc(F)cc3)n2n1. The number of rotatable bonds is 3. The lowest BCUT2D eigenvalue weighted by Crippen LogP contribution is -2.13. The van der Waals surface area contributed by atoms with Crippen molar-refractivity contribution in [1.82, 2.24) is 14.6 Å². The van der Waals surface area contributed by atoms with Crippen LogP contribution in [0.1, 0.15) is 0 Å². The summed E-state index contributed by atoms with van der Waals surface area (Å²) in [6.45, 7) is 0. The molecule has 1 aromatic carbocycles. The van der Waals surface area contributed by atoms with Gasteiger partial charge in [0.25, 0.3) is 0 Å². The van der Waals surface area contributed by atoms with Crippen molar-refractivity contribution in [2.24, 2.45) is 0 Å². The summed E-state index contributed by atoms with van der Waals surface area (Å²) in [6.07, 6.45) is 0. The van der Waals surface area contributed by atoms with E-state index in [1.54, 1.807) is 16.6 Å². The molecule has 0 saturated carbocycles. The first-order valence-corrected chi connectivity index (χ1v) is 7.05. The quantitative estimate of drug-likeness (QED) is 0.757. The van der Waals surface area contributed by atoms with Crippen molar-refractivity contribution in [2.45, 2.75) is 0 Å². The number of nitrogens with one attached hydrogen (secondary N) is 1. The molecule has 0 fully saturated rings. The van der Waals surface area contributed by atoms with Gasteiger partial charge in [-0.1, -0.05) is 0 Å². The molecule has 102 valence electrons. The molecule has 2 aromatic heterocycles. The van der Waals surface area contributed by atoms with Gasteiger partial charge in [-0.25, -0.2) is 8.91 Å². The third kappa shape index (κ3) is 2.37. The molecule has 5 nitrogen and oxygen atoms in total. The van der Waals surface area contributed by atoms with Crippen molar-refractivity contribution < 1.29 is 9.18 Å². The Morgan fingerprint density at radius 2 is 2.15 bits per heavy atom. The smallest absolute Gasteiger partial charge is 0.250 e. The van der Waals surface area contributed by atoms with Gasteiger partial charge in [0.15, 0.2) is 0 Å². The zero-order valence-corrected chi connectivity index (χ0v) is 11.6. The van der Waals surface area contributed by atoms with Crippen LogP contribution in [0.3, 0.4) is 0 Å². The maximum absolute atomic E-state index is 12.9. The van der Waals surface area contributed by atoms with Crippen molar-refractivity contribution in [3.63, 3.8) is 0 Å². The first-order valence-electron chi connectivity index (χ1n) is 5.63. The molecule has 2 heterocycles. The van der Waals surface area contributed by atoms with Crippen LogP contribution in [0.15, 0.2) is 29.6 Å². The van der Waals surface area contributed by atoms with Crippen LogP contribution in [0.5, 0.6) is 0 Å². The summed E-state index contributed by atoms with van der Waals surface area (Å²) in [4.78, 5) is 16.0. The van der Waals surface area contributed by atoms with Crippen molar-refractivity contribution in [1.29, 1.82) is 0 Å². The van der Waals surface area contributed by atoms with Gasteiger partial charge in [-0.3, -0.25) is 10.1 Å². The van der Waals surface area contributed by atoms with Crippen LogP contribution in [0, 0.1) is 5.82 Å². The van der Waals surface area contributed by atoms with Crippen LogP contribution in [0.25, 0.3) is 16.2 Å². The third-order valence-electron chi connectivity index (χ3n) is 2.59. The monoisotopic (exact) mass is 310 g/mol. The average molecular weight is 311 g/mol. The summed E-state index contributed by atoms with van der Waals surface area (Å²) in [6, 6.07) is 6.09. The second-order valence-corrected chi connectivity index (χ2v) is 5.04. The summed E-state index contributed by atoms with van der Waals surface area (Å²) in [5.74, 6) is -0.620. The van der Waals surface area contributed by atoms with Gasteiger partial charge in [0.05, 0.1) is 5.69 Å². The largest absolute Gasteiger partial charge is 0.292 e. The van der Waals surface area contributed by atoms with E-state index < -0.39 is 0 Å². The molecular formula is C12H8ClFN4OS. The van der Waals surface area contributed by atoms with E-state index in [2.05, 4.69) is 15.4 Å². The van der Waals surface area contributed by atoms with Gasteiger partial charge in [0.2, 0.25) is 16.8 Å². The highest BCUT2D eigenvalue weighted by molar-refractivity contribution is 7.15. The minimum absolute atomic E-state index is 0.155. The number of alkyl halides is 1. The molecule has 0 spiro atoms. The van der Waals surface area contributed by atoms with E-state index in [0.29, 0.717) is 4.96 Å². The van der Waals surface area contributed by atoms with Crippen molar-refractivity contribution in [3.8, 4) is 11.3 Å². The molecular weight excluding hydrogens is 303 g/mol. The van der Waals surface area contributed by atoms with E-state index in [1.165, 1.54) is 23.5 Å². The van der Waals surface area contributed by atoms with Gasteiger partial charge >= 0.3 is 0 Å². The molecule has 8 heteroatoms. The molecule has 0 radical (unpaired) electrons. The van der Waals surface area contributed by atoms with Gasteiger partial charge in [-0.15, -0.1) is 28.0 Å². The maximum atomic E-state index is 12.9. The first-order chi connectivity index (χ1) is 9.67. The summed E-state index contributed by atoms with van der Waals surface area (Å²) in [7, 11) is 0. The maximum Gasteiger partial charge on any atom is 0.250 e. The molecule has 0 saturated heterocycles. The number of benzene rings is 1. The van der Waals surface area contributed by atoms with Crippen LogP contribution in [0.2, 0.25) is 0 Å².